The highest BCUT2D eigenvalue weighted by Gasteiger charge is 2.31. The number of anilines is 2. The van der Waals surface area contributed by atoms with Crippen molar-refractivity contribution in [2.75, 3.05) is 23.6 Å². The highest BCUT2D eigenvalue weighted by Crippen LogP contribution is 2.42. The van der Waals surface area contributed by atoms with Gasteiger partial charge >= 0.3 is 0 Å². The van der Waals surface area contributed by atoms with Gasteiger partial charge in [0.1, 0.15) is 17.7 Å². The zero-order valence-electron chi connectivity index (χ0n) is 19.0. The molecule has 0 amide bonds. The molecular weight excluding hydrogens is 499 g/mol. The first-order valence-corrected chi connectivity index (χ1v) is 13.4. The van der Waals surface area contributed by atoms with E-state index in [-0.39, 0.29) is 0 Å². The van der Waals surface area contributed by atoms with Gasteiger partial charge in [-0.25, -0.2) is 4.98 Å². The first kappa shape index (κ1) is 23.7. The lowest BCUT2D eigenvalue weighted by molar-refractivity contribution is 0.342. The second kappa shape index (κ2) is 10.3. The molecule has 0 unspecified atom stereocenters. The minimum atomic E-state index is 0.294. The van der Waals surface area contributed by atoms with Crippen LogP contribution in [0.4, 0.5) is 11.4 Å². The quantitative estimate of drug-likeness (QED) is 0.177. The van der Waals surface area contributed by atoms with E-state index in [1.807, 2.05) is 24.5 Å². The molecule has 8 heteroatoms. The lowest BCUT2D eigenvalue weighted by atomic mass is 10.0. The van der Waals surface area contributed by atoms with Gasteiger partial charge in [0.25, 0.3) is 0 Å². The van der Waals surface area contributed by atoms with Crippen molar-refractivity contribution in [2.45, 2.75) is 23.9 Å². The Morgan fingerprint density at radius 2 is 1.83 bits per heavy atom. The average molecular weight is 521 g/mol. The molecule has 0 saturated heterocycles. The smallest absolute Gasteiger partial charge is 0.155 e. The van der Waals surface area contributed by atoms with Crippen LogP contribution >= 0.6 is 35.0 Å². The number of ether oxygens (including phenoxy) is 1. The largest absolute Gasteiger partial charge is 0.489 e. The van der Waals surface area contributed by atoms with E-state index in [2.05, 4.69) is 57.3 Å². The zero-order chi connectivity index (χ0) is 24.4. The second-order valence-electron chi connectivity index (χ2n) is 8.22. The van der Waals surface area contributed by atoms with Crippen LogP contribution in [0.5, 0.6) is 5.75 Å². The van der Waals surface area contributed by atoms with Crippen LogP contribution in [0, 0.1) is 11.3 Å². The Hall–Kier alpha value is -2.98. The molecule has 0 spiro atoms. The van der Waals surface area contributed by atoms with E-state index in [9.17, 15) is 5.26 Å². The van der Waals surface area contributed by atoms with E-state index < -0.39 is 0 Å². The van der Waals surface area contributed by atoms with Crippen molar-refractivity contribution in [1.29, 1.82) is 5.26 Å². The van der Waals surface area contributed by atoms with Crippen molar-refractivity contribution in [3.05, 3.63) is 71.4 Å². The number of aromatic nitrogens is 2. The van der Waals surface area contributed by atoms with E-state index in [0.717, 1.165) is 51.4 Å². The fourth-order valence-corrected chi connectivity index (χ4v) is 4.77. The maximum absolute atomic E-state index is 9.69. The SMILES string of the molecule is CSc1cnc2cc(-c3ccc(N(c4cc(Cl)c(OCCCl)c(C#N)c4)C4CC4)cc3)ccc2n1. The summed E-state index contributed by atoms with van der Waals surface area (Å²) in [5.41, 5.74) is 6.29. The van der Waals surface area contributed by atoms with Gasteiger partial charge in [0.15, 0.2) is 5.75 Å². The number of hydrogen-bond acceptors (Lipinski definition) is 6. The highest BCUT2D eigenvalue weighted by atomic mass is 35.5. The Kier molecular flexibility index (Phi) is 7.01. The lowest BCUT2D eigenvalue weighted by Gasteiger charge is -2.26. The fourth-order valence-electron chi connectivity index (χ4n) is 4.08. The lowest BCUT2D eigenvalue weighted by Crippen LogP contribution is -2.19. The Bertz CT molecular complexity index is 1420. The summed E-state index contributed by atoms with van der Waals surface area (Å²) in [5.74, 6) is 0.709. The van der Waals surface area contributed by atoms with Gasteiger partial charge < -0.3 is 9.64 Å². The van der Waals surface area contributed by atoms with Crippen LogP contribution in [-0.4, -0.2) is 34.8 Å². The van der Waals surface area contributed by atoms with Gasteiger partial charge in [0, 0.05) is 17.4 Å². The summed E-state index contributed by atoms with van der Waals surface area (Å²) in [4.78, 5) is 11.4. The number of nitriles is 1. The van der Waals surface area contributed by atoms with Gasteiger partial charge in [-0.05, 0) is 66.6 Å². The number of rotatable bonds is 8. The molecule has 1 heterocycles. The molecule has 1 saturated carbocycles. The van der Waals surface area contributed by atoms with Crippen LogP contribution in [0.2, 0.25) is 5.02 Å². The molecule has 0 atom stereocenters. The molecule has 3 aromatic carbocycles. The molecule has 5 rings (SSSR count). The number of thioether (sulfide) groups is 1. The zero-order valence-corrected chi connectivity index (χ0v) is 21.4. The molecule has 1 aliphatic carbocycles. The third-order valence-electron chi connectivity index (χ3n) is 5.87. The van der Waals surface area contributed by atoms with Crippen LogP contribution in [0.1, 0.15) is 18.4 Å². The first-order chi connectivity index (χ1) is 17.1. The Morgan fingerprint density at radius 3 is 2.51 bits per heavy atom. The van der Waals surface area contributed by atoms with Crippen LogP contribution < -0.4 is 9.64 Å². The van der Waals surface area contributed by atoms with Crippen LogP contribution in [-0.2, 0) is 0 Å². The van der Waals surface area contributed by atoms with Gasteiger partial charge in [-0.2, -0.15) is 5.26 Å². The normalized spacial score (nSPS) is 13.0. The van der Waals surface area contributed by atoms with Gasteiger partial charge in [-0.1, -0.05) is 29.8 Å². The maximum atomic E-state index is 9.69. The van der Waals surface area contributed by atoms with Crippen LogP contribution in [0.15, 0.2) is 65.8 Å². The molecule has 0 aliphatic heterocycles. The fraction of sp³-hybridized carbons (Fsp3) is 0.222. The van der Waals surface area contributed by atoms with Gasteiger partial charge in [-0.15, -0.1) is 23.4 Å². The molecule has 5 nitrogen and oxygen atoms in total. The van der Waals surface area contributed by atoms with Gasteiger partial charge in [0.2, 0.25) is 0 Å². The summed E-state index contributed by atoms with van der Waals surface area (Å²) in [6.45, 7) is 0.294. The van der Waals surface area contributed by atoms with E-state index in [0.29, 0.717) is 34.9 Å². The van der Waals surface area contributed by atoms with Crippen LogP contribution in [0.25, 0.3) is 22.2 Å². The summed E-state index contributed by atoms with van der Waals surface area (Å²) in [6.07, 6.45) is 5.98. The molecule has 1 aliphatic rings. The minimum absolute atomic E-state index is 0.294. The van der Waals surface area contributed by atoms with E-state index in [4.69, 9.17) is 27.9 Å². The molecule has 1 aromatic heterocycles. The number of nitrogens with zero attached hydrogens (tertiary/aromatic N) is 4. The number of hydrogen-bond donors (Lipinski definition) is 0. The number of halogens is 2. The van der Waals surface area contributed by atoms with Crippen molar-refractivity contribution >= 4 is 57.4 Å². The summed E-state index contributed by atoms with van der Waals surface area (Å²) in [7, 11) is 0. The Morgan fingerprint density at radius 1 is 1.06 bits per heavy atom. The second-order valence-corrected chi connectivity index (χ2v) is 9.83. The third-order valence-corrected chi connectivity index (χ3v) is 6.92. The van der Waals surface area contributed by atoms with Crippen molar-refractivity contribution in [3.8, 4) is 22.9 Å². The monoisotopic (exact) mass is 520 g/mol. The van der Waals surface area contributed by atoms with Crippen molar-refractivity contribution in [1.82, 2.24) is 9.97 Å². The molecule has 176 valence electrons. The first-order valence-electron chi connectivity index (χ1n) is 11.2. The van der Waals surface area contributed by atoms with E-state index >= 15 is 0 Å². The summed E-state index contributed by atoms with van der Waals surface area (Å²) >= 11 is 13.8. The predicted octanol–water partition coefficient (Wildman–Crippen LogP) is 7.46. The Labute approximate surface area is 218 Å². The molecule has 4 aromatic rings. The molecular formula is C27H22Cl2N4OS. The Balaban J connectivity index is 1.46. The maximum Gasteiger partial charge on any atom is 0.155 e. The highest BCUT2D eigenvalue weighted by molar-refractivity contribution is 7.98. The minimum Gasteiger partial charge on any atom is -0.489 e. The topological polar surface area (TPSA) is 62.0 Å². The van der Waals surface area contributed by atoms with E-state index in [1.165, 1.54) is 0 Å². The molecule has 35 heavy (non-hydrogen) atoms. The summed E-state index contributed by atoms with van der Waals surface area (Å²) < 4.78 is 5.62. The summed E-state index contributed by atoms with van der Waals surface area (Å²) in [5, 5.41) is 11.0. The van der Waals surface area contributed by atoms with Crippen LogP contribution in [0.3, 0.4) is 0 Å². The number of alkyl halides is 1. The van der Waals surface area contributed by atoms with Crippen molar-refractivity contribution in [2.24, 2.45) is 0 Å². The molecule has 0 N–H and O–H groups in total. The standard InChI is InChI=1S/C27H22Cl2N4OS/c1-35-26-16-31-25-13-18(4-9-24(25)32-26)17-2-5-20(6-3-17)33(21-7-8-21)22-12-19(15-30)27(23(29)14-22)34-11-10-28/h2-6,9,12-14,16,21H,7-8,10-11H2,1H3. The van der Waals surface area contributed by atoms with Gasteiger partial charge in [0.05, 0.1) is 33.7 Å². The van der Waals surface area contributed by atoms with Gasteiger partial charge in [-0.3, -0.25) is 4.98 Å². The molecule has 0 bridgehead atoms. The van der Waals surface area contributed by atoms with Crippen molar-refractivity contribution < 1.29 is 4.74 Å². The average Bonchev–Trinajstić information content (AvgIpc) is 3.73. The summed E-state index contributed by atoms with van der Waals surface area (Å²) in [6, 6.07) is 20.9. The number of benzene rings is 3. The van der Waals surface area contributed by atoms with Crippen molar-refractivity contribution in [3.63, 3.8) is 0 Å². The molecule has 0 radical (unpaired) electrons. The predicted molar refractivity (Wildman–Crippen MR) is 144 cm³/mol. The van der Waals surface area contributed by atoms with E-state index in [1.54, 1.807) is 18.0 Å². The molecule has 1 fully saturated rings. The third kappa shape index (κ3) is 5.04. The number of fused-ring (bicyclic) bond motifs is 1.